The maximum Gasteiger partial charge on any atom is 0.248 e. The van der Waals surface area contributed by atoms with Crippen molar-refractivity contribution in [1.29, 1.82) is 0 Å². The van der Waals surface area contributed by atoms with Gasteiger partial charge in [0.05, 0.1) is 0 Å². The van der Waals surface area contributed by atoms with Gasteiger partial charge in [-0.1, -0.05) is 12.8 Å². The number of nitrogens with two attached hydrogens (primary N) is 2. The van der Waals surface area contributed by atoms with E-state index in [1.165, 1.54) is 18.9 Å². The summed E-state index contributed by atoms with van der Waals surface area (Å²) in [6.45, 7) is 2.08. The Morgan fingerprint density at radius 1 is 1.21 bits per heavy atom. The number of hydrogen-bond acceptors (Lipinski definition) is 3. The van der Waals surface area contributed by atoms with Crippen LogP contribution < -0.4 is 16.8 Å². The molecule has 0 aliphatic heterocycles. The van der Waals surface area contributed by atoms with E-state index in [0.29, 0.717) is 5.69 Å². The molecule has 0 bridgehead atoms. The highest BCUT2D eigenvalue weighted by atomic mass is 16.1. The lowest BCUT2D eigenvalue weighted by molar-refractivity contribution is 0.0999. The van der Waals surface area contributed by atoms with Gasteiger partial charge in [-0.2, -0.15) is 0 Å². The number of carbonyl (C=O) groups is 2. The molecule has 1 unspecified atom stereocenters. The smallest absolute Gasteiger partial charge is 0.248 e. The normalized spacial score (nSPS) is 15.8. The average molecular weight is 261 g/mol. The maximum absolute atomic E-state index is 11.2. The Morgan fingerprint density at radius 2 is 1.74 bits per heavy atom. The predicted molar refractivity (Wildman–Crippen MR) is 73.9 cm³/mol. The van der Waals surface area contributed by atoms with Crippen molar-refractivity contribution in [3.63, 3.8) is 0 Å². The highest BCUT2D eigenvalue weighted by Gasteiger charge is 2.23. The maximum atomic E-state index is 11.2. The first-order valence-corrected chi connectivity index (χ1v) is 6.47. The van der Waals surface area contributed by atoms with E-state index in [1.807, 2.05) is 0 Å². The molecule has 5 heteroatoms. The van der Waals surface area contributed by atoms with Crippen molar-refractivity contribution in [3.05, 3.63) is 29.3 Å². The lowest BCUT2D eigenvalue weighted by atomic mass is 10.1. The summed E-state index contributed by atoms with van der Waals surface area (Å²) in [7, 11) is 0. The van der Waals surface area contributed by atoms with Gasteiger partial charge in [-0.3, -0.25) is 9.59 Å². The second-order valence-electron chi connectivity index (χ2n) is 5.25. The molecular formula is C14H19N3O2. The second kappa shape index (κ2) is 5.30. The zero-order valence-corrected chi connectivity index (χ0v) is 11.0. The third-order valence-electron chi connectivity index (χ3n) is 3.30. The van der Waals surface area contributed by atoms with Crippen LogP contribution in [0.25, 0.3) is 0 Å². The van der Waals surface area contributed by atoms with Gasteiger partial charge in [0.25, 0.3) is 0 Å². The number of carbonyl (C=O) groups excluding carboxylic acids is 2. The summed E-state index contributed by atoms with van der Waals surface area (Å²) in [4.78, 5) is 22.5. The van der Waals surface area contributed by atoms with Crippen LogP contribution in [0, 0.1) is 5.92 Å². The van der Waals surface area contributed by atoms with E-state index in [2.05, 4.69) is 12.2 Å². The molecule has 0 aromatic heterocycles. The van der Waals surface area contributed by atoms with Crippen LogP contribution in [0.5, 0.6) is 0 Å². The summed E-state index contributed by atoms with van der Waals surface area (Å²) in [5.74, 6) is -0.334. The Kier molecular flexibility index (Phi) is 3.74. The zero-order chi connectivity index (χ0) is 14.0. The average Bonchev–Trinajstić information content (AvgIpc) is 3.12. The monoisotopic (exact) mass is 261 g/mol. The van der Waals surface area contributed by atoms with Crippen LogP contribution in [0.15, 0.2) is 18.2 Å². The molecule has 5 nitrogen and oxygen atoms in total. The van der Waals surface area contributed by atoms with Gasteiger partial charge in [-0.15, -0.1) is 0 Å². The summed E-state index contributed by atoms with van der Waals surface area (Å²) in [6, 6.07) is 5.01. The third-order valence-corrected chi connectivity index (χ3v) is 3.30. The first-order valence-electron chi connectivity index (χ1n) is 6.47. The third kappa shape index (κ3) is 3.71. The van der Waals surface area contributed by atoms with E-state index in [1.54, 1.807) is 12.1 Å². The summed E-state index contributed by atoms with van der Waals surface area (Å²) in [5.41, 5.74) is 11.8. The SMILES string of the molecule is CC(CC1CC1)Nc1cc(C(N)=O)cc(C(N)=O)c1. The van der Waals surface area contributed by atoms with E-state index in [0.717, 1.165) is 12.3 Å². The van der Waals surface area contributed by atoms with Crippen molar-refractivity contribution >= 4 is 17.5 Å². The van der Waals surface area contributed by atoms with Crippen molar-refractivity contribution in [3.8, 4) is 0 Å². The van der Waals surface area contributed by atoms with Gasteiger partial charge in [0.15, 0.2) is 0 Å². The van der Waals surface area contributed by atoms with Crippen LogP contribution in [0.4, 0.5) is 5.69 Å². The lowest BCUT2D eigenvalue weighted by Crippen LogP contribution is -2.19. The van der Waals surface area contributed by atoms with Gasteiger partial charge in [0, 0.05) is 22.9 Å². The molecule has 1 fully saturated rings. The fourth-order valence-corrected chi connectivity index (χ4v) is 2.19. The van der Waals surface area contributed by atoms with E-state index >= 15 is 0 Å². The summed E-state index contributed by atoms with van der Waals surface area (Å²) in [6.07, 6.45) is 3.67. The highest BCUT2D eigenvalue weighted by molar-refractivity contribution is 5.99. The van der Waals surface area contributed by atoms with Crippen LogP contribution in [0.2, 0.25) is 0 Å². The second-order valence-corrected chi connectivity index (χ2v) is 5.25. The number of primary amides is 2. The van der Waals surface area contributed by atoms with E-state index in [9.17, 15) is 9.59 Å². The number of nitrogens with one attached hydrogen (secondary N) is 1. The van der Waals surface area contributed by atoms with Crippen molar-refractivity contribution in [2.75, 3.05) is 5.32 Å². The van der Waals surface area contributed by atoms with Gasteiger partial charge in [0.2, 0.25) is 11.8 Å². The molecule has 102 valence electrons. The molecule has 0 heterocycles. The largest absolute Gasteiger partial charge is 0.383 e. The molecule has 1 saturated carbocycles. The molecule has 1 aliphatic carbocycles. The Labute approximate surface area is 112 Å². The topological polar surface area (TPSA) is 98.2 Å². The molecule has 0 saturated heterocycles. The first-order chi connectivity index (χ1) is 8.95. The molecular weight excluding hydrogens is 242 g/mol. The van der Waals surface area contributed by atoms with Gasteiger partial charge < -0.3 is 16.8 Å². The first kappa shape index (κ1) is 13.4. The molecule has 5 N–H and O–H groups in total. The Hall–Kier alpha value is -2.04. The van der Waals surface area contributed by atoms with E-state index in [4.69, 9.17) is 11.5 Å². The Morgan fingerprint density at radius 3 is 2.16 bits per heavy atom. The molecule has 1 atom stereocenters. The minimum Gasteiger partial charge on any atom is -0.383 e. The molecule has 1 aliphatic rings. The molecule has 1 aromatic rings. The van der Waals surface area contributed by atoms with Gasteiger partial charge >= 0.3 is 0 Å². The fourth-order valence-electron chi connectivity index (χ4n) is 2.19. The van der Waals surface area contributed by atoms with Gasteiger partial charge in [-0.05, 0) is 37.5 Å². The number of rotatable bonds is 6. The van der Waals surface area contributed by atoms with Crippen LogP contribution in [0.1, 0.15) is 46.9 Å². The van der Waals surface area contributed by atoms with Crippen molar-refractivity contribution in [1.82, 2.24) is 0 Å². The predicted octanol–water partition coefficient (Wildman–Crippen LogP) is 1.48. The van der Waals surface area contributed by atoms with Gasteiger partial charge in [-0.25, -0.2) is 0 Å². The molecule has 0 spiro atoms. The number of hydrogen-bond donors (Lipinski definition) is 3. The highest BCUT2D eigenvalue weighted by Crippen LogP contribution is 2.34. The Bertz CT molecular complexity index is 477. The van der Waals surface area contributed by atoms with Crippen LogP contribution in [0.3, 0.4) is 0 Å². The molecule has 2 amide bonds. The number of anilines is 1. The van der Waals surface area contributed by atoms with Crippen molar-refractivity contribution in [2.45, 2.75) is 32.2 Å². The number of benzene rings is 1. The molecule has 1 aromatic carbocycles. The Balaban J connectivity index is 2.17. The molecule has 0 radical (unpaired) electrons. The standard InChI is InChI=1S/C14H19N3O2/c1-8(4-9-2-3-9)17-12-6-10(13(15)18)5-11(7-12)14(16)19/h5-9,17H,2-4H2,1H3,(H2,15,18)(H2,16,19). The van der Waals surface area contributed by atoms with E-state index in [-0.39, 0.29) is 17.2 Å². The zero-order valence-electron chi connectivity index (χ0n) is 11.0. The van der Waals surface area contributed by atoms with Crippen molar-refractivity contribution in [2.24, 2.45) is 17.4 Å². The fraction of sp³-hybridized carbons (Fsp3) is 0.429. The lowest BCUT2D eigenvalue weighted by Gasteiger charge is -2.16. The minimum atomic E-state index is -0.569. The van der Waals surface area contributed by atoms with E-state index < -0.39 is 11.8 Å². The van der Waals surface area contributed by atoms with Crippen LogP contribution >= 0.6 is 0 Å². The van der Waals surface area contributed by atoms with Crippen LogP contribution in [-0.2, 0) is 0 Å². The van der Waals surface area contributed by atoms with Crippen LogP contribution in [-0.4, -0.2) is 17.9 Å². The summed E-state index contributed by atoms with van der Waals surface area (Å²) < 4.78 is 0. The summed E-state index contributed by atoms with van der Waals surface area (Å²) in [5, 5.41) is 3.29. The quantitative estimate of drug-likeness (QED) is 0.723. The minimum absolute atomic E-state index is 0.288. The van der Waals surface area contributed by atoms with Crippen molar-refractivity contribution < 1.29 is 9.59 Å². The molecule has 2 rings (SSSR count). The summed E-state index contributed by atoms with van der Waals surface area (Å²) >= 11 is 0. The number of amides is 2. The van der Waals surface area contributed by atoms with Gasteiger partial charge in [0.1, 0.15) is 0 Å². The molecule has 19 heavy (non-hydrogen) atoms.